The van der Waals surface area contributed by atoms with Crippen LogP contribution in [0.25, 0.3) is 0 Å². The van der Waals surface area contributed by atoms with E-state index in [0.717, 1.165) is 4.47 Å². The number of hydrogen-bond donors (Lipinski definition) is 1. The lowest BCUT2D eigenvalue weighted by atomic mass is 10.1. The number of halogens is 4. The van der Waals surface area contributed by atoms with Gasteiger partial charge < -0.3 is 5.32 Å². The summed E-state index contributed by atoms with van der Waals surface area (Å²) in [6.07, 6.45) is -0.155. The Hall–Kier alpha value is -1.10. The molecule has 0 aliphatic carbocycles. The molecule has 2 aromatic carbocycles. The number of rotatable bonds is 3. The maximum Gasteiger partial charge on any atom is 0.229 e. The Morgan fingerprint density at radius 3 is 2.60 bits per heavy atom. The number of benzene rings is 2. The van der Waals surface area contributed by atoms with Crippen LogP contribution in [0.4, 0.5) is 10.1 Å². The van der Waals surface area contributed by atoms with Crippen molar-refractivity contribution in [2.45, 2.75) is 6.42 Å². The van der Waals surface area contributed by atoms with Crippen molar-refractivity contribution in [1.29, 1.82) is 0 Å². The fraction of sp³-hybridized carbons (Fsp3) is 0.0714. The summed E-state index contributed by atoms with van der Waals surface area (Å²) in [6.45, 7) is 0. The van der Waals surface area contributed by atoms with Crippen molar-refractivity contribution < 1.29 is 9.18 Å². The second-order valence-corrected chi connectivity index (χ2v) is 5.78. The van der Waals surface area contributed by atoms with Gasteiger partial charge in [0.05, 0.1) is 17.1 Å². The van der Waals surface area contributed by atoms with Gasteiger partial charge in [0, 0.05) is 15.1 Å². The molecule has 0 spiro atoms. The molecular formula is C14H9BrCl2FNO. The summed E-state index contributed by atoms with van der Waals surface area (Å²) >= 11 is 15.1. The Labute approximate surface area is 134 Å². The molecule has 1 amide bonds. The van der Waals surface area contributed by atoms with Crippen LogP contribution in [0.15, 0.2) is 40.9 Å². The van der Waals surface area contributed by atoms with Crippen molar-refractivity contribution in [2.24, 2.45) is 0 Å². The minimum Gasteiger partial charge on any atom is -0.324 e. The zero-order valence-corrected chi connectivity index (χ0v) is 13.2. The van der Waals surface area contributed by atoms with E-state index in [0.29, 0.717) is 10.7 Å². The third-order valence-corrected chi connectivity index (χ3v) is 3.76. The standard InChI is InChI=1S/C14H9BrCl2FNO/c15-8-4-5-13(11(17)6-8)19-14(20)7-9-10(16)2-1-3-12(9)18/h1-6H,7H2,(H,19,20). The van der Waals surface area contributed by atoms with Gasteiger partial charge in [0.1, 0.15) is 5.82 Å². The summed E-state index contributed by atoms with van der Waals surface area (Å²) < 4.78 is 14.4. The number of carbonyl (C=O) groups excluding carboxylic acids is 1. The highest BCUT2D eigenvalue weighted by atomic mass is 79.9. The summed E-state index contributed by atoms with van der Waals surface area (Å²) in [5, 5.41) is 3.24. The Balaban J connectivity index is 2.13. The molecule has 0 saturated carbocycles. The molecule has 0 aromatic heterocycles. The molecule has 2 nitrogen and oxygen atoms in total. The first-order chi connectivity index (χ1) is 9.47. The van der Waals surface area contributed by atoms with E-state index < -0.39 is 5.82 Å². The first-order valence-corrected chi connectivity index (χ1v) is 7.20. The van der Waals surface area contributed by atoms with Gasteiger partial charge in [-0.25, -0.2) is 4.39 Å². The van der Waals surface area contributed by atoms with Crippen molar-refractivity contribution in [3.8, 4) is 0 Å². The lowest BCUT2D eigenvalue weighted by molar-refractivity contribution is -0.115. The van der Waals surface area contributed by atoms with Crippen LogP contribution in [-0.2, 0) is 11.2 Å². The van der Waals surface area contributed by atoms with Gasteiger partial charge in [-0.15, -0.1) is 0 Å². The average Bonchev–Trinajstić information content (AvgIpc) is 2.37. The third-order valence-electron chi connectivity index (χ3n) is 2.60. The van der Waals surface area contributed by atoms with Gasteiger partial charge >= 0.3 is 0 Å². The zero-order valence-electron chi connectivity index (χ0n) is 10.1. The normalized spacial score (nSPS) is 10.4. The van der Waals surface area contributed by atoms with Gasteiger partial charge in [0.15, 0.2) is 0 Å². The zero-order chi connectivity index (χ0) is 14.7. The van der Waals surface area contributed by atoms with Crippen LogP contribution >= 0.6 is 39.1 Å². The first-order valence-electron chi connectivity index (χ1n) is 5.65. The summed E-state index contributed by atoms with van der Waals surface area (Å²) in [4.78, 5) is 11.9. The predicted molar refractivity (Wildman–Crippen MR) is 82.9 cm³/mol. The monoisotopic (exact) mass is 375 g/mol. The van der Waals surface area contributed by atoms with Crippen molar-refractivity contribution in [3.63, 3.8) is 0 Å². The molecule has 1 N–H and O–H groups in total. The quantitative estimate of drug-likeness (QED) is 0.795. The number of anilines is 1. The smallest absolute Gasteiger partial charge is 0.229 e. The Morgan fingerprint density at radius 2 is 1.95 bits per heavy atom. The average molecular weight is 377 g/mol. The summed E-state index contributed by atoms with van der Waals surface area (Å²) in [7, 11) is 0. The van der Waals surface area contributed by atoms with Crippen molar-refractivity contribution >= 4 is 50.7 Å². The lowest BCUT2D eigenvalue weighted by Gasteiger charge is -2.09. The van der Waals surface area contributed by atoms with Crippen LogP contribution in [0.2, 0.25) is 10.0 Å². The predicted octanol–water partition coefficient (Wildman–Crippen LogP) is 5.08. The van der Waals surface area contributed by atoms with E-state index in [1.807, 2.05) is 0 Å². The lowest BCUT2D eigenvalue weighted by Crippen LogP contribution is -2.15. The maximum absolute atomic E-state index is 13.6. The molecule has 0 atom stereocenters. The fourth-order valence-corrected chi connectivity index (χ4v) is 2.60. The van der Waals surface area contributed by atoms with E-state index in [2.05, 4.69) is 21.2 Å². The Bertz CT molecular complexity index is 643. The second kappa shape index (κ2) is 6.57. The van der Waals surface area contributed by atoms with Crippen LogP contribution in [0, 0.1) is 5.82 Å². The highest BCUT2D eigenvalue weighted by molar-refractivity contribution is 9.10. The van der Waals surface area contributed by atoms with Gasteiger partial charge in [-0.3, -0.25) is 4.79 Å². The number of amides is 1. The van der Waals surface area contributed by atoms with Gasteiger partial charge in [0.2, 0.25) is 5.91 Å². The molecule has 2 rings (SSSR count). The van der Waals surface area contributed by atoms with E-state index in [1.54, 1.807) is 24.3 Å². The molecule has 20 heavy (non-hydrogen) atoms. The van der Waals surface area contributed by atoms with Gasteiger partial charge in [-0.2, -0.15) is 0 Å². The summed E-state index contributed by atoms with van der Waals surface area (Å²) in [5.41, 5.74) is 0.632. The number of hydrogen-bond acceptors (Lipinski definition) is 1. The molecule has 104 valence electrons. The molecule has 0 saturated heterocycles. The molecule has 0 heterocycles. The minimum absolute atomic E-state index is 0.155. The van der Waals surface area contributed by atoms with Crippen LogP contribution in [0.1, 0.15) is 5.56 Å². The topological polar surface area (TPSA) is 29.1 Å². The van der Waals surface area contributed by atoms with Gasteiger partial charge in [-0.05, 0) is 30.3 Å². The Kier molecular flexibility index (Phi) is 5.02. The van der Waals surface area contributed by atoms with E-state index in [1.165, 1.54) is 12.1 Å². The molecule has 0 unspecified atom stereocenters. The highest BCUT2D eigenvalue weighted by Gasteiger charge is 2.13. The summed E-state index contributed by atoms with van der Waals surface area (Å²) in [6, 6.07) is 9.36. The van der Waals surface area contributed by atoms with Gasteiger partial charge in [-0.1, -0.05) is 45.2 Å². The highest BCUT2D eigenvalue weighted by Crippen LogP contribution is 2.26. The van der Waals surface area contributed by atoms with E-state index in [4.69, 9.17) is 23.2 Å². The van der Waals surface area contributed by atoms with E-state index in [-0.39, 0.29) is 22.9 Å². The third kappa shape index (κ3) is 3.72. The molecule has 2 aromatic rings. The van der Waals surface area contributed by atoms with E-state index in [9.17, 15) is 9.18 Å². The van der Waals surface area contributed by atoms with Crippen molar-refractivity contribution in [3.05, 3.63) is 62.3 Å². The Morgan fingerprint density at radius 1 is 1.20 bits per heavy atom. The van der Waals surface area contributed by atoms with Crippen LogP contribution < -0.4 is 5.32 Å². The summed E-state index contributed by atoms with van der Waals surface area (Å²) in [5.74, 6) is -0.893. The van der Waals surface area contributed by atoms with Crippen LogP contribution in [0.3, 0.4) is 0 Å². The number of nitrogens with one attached hydrogen (secondary N) is 1. The molecule has 0 aliphatic heterocycles. The molecule has 0 fully saturated rings. The molecular weight excluding hydrogens is 368 g/mol. The first kappa shape index (κ1) is 15.3. The minimum atomic E-state index is -0.505. The maximum atomic E-state index is 13.6. The SMILES string of the molecule is O=C(Cc1c(F)cccc1Cl)Nc1ccc(Br)cc1Cl. The molecule has 0 bridgehead atoms. The molecule has 0 aliphatic rings. The molecule has 0 radical (unpaired) electrons. The van der Waals surface area contributed by atoms with Gasteiger partial charge in [0.25, 0.3) is 0 Å². The largest absolute Gasteiger partial charge is 0.324 e. The second-order valence-electron chi connectivity index (χ2n) is 4.05. The fourth-order valence-electron chi connectivity index (χ4n) is 1.65. The van der Waals surface area contributed by atoms with Crippen LogP contribution in [-0.4, -0.2) is 5.91 Å². The van der Waals surface area contributed by atoms with E-state index >= 15 is 0 Å². The van der Waals surface area contributed by atoms with Crippen molar-refractivity contribution in [1.82, 2.24) is 0 Å². The number of carbonyl (C=O) groups is 1. The van der Waals surface area contributed by atoms with Crippen molar-refractivity contribution in [2.75, 3.05) is 5.32 Å². The van der Waals surface area contributed by atoms with Crippen LogP contribution in [0.5, 0.6) is 0 Å². The molecule has 6 heteroatoms.